The largest absolute Gasteiger partial charge is 0.377 e. The molecular weight excluding hydrogens is 409 g/mol. The maximum Gasteiger partial charge on any atom is 0.256 e. The van der Waals surface area contributed by atoms with E-state index in [0.29, 0.717) is 36.2 Å². The Morgan fingerprint density at radius 3 is 2.96 bits per heavy atom. The summed E-state index contributed by atoms with van der Waals surface area (Å²) in [6, 6.07) is 4.60. The molecule has 1 amide bonds. The van der Waals surface area contributed by atoms with Gasteiger partial charge >= 0.3 is 0 Å². The molecule has 4 heterocycles. The fourth-order valence-corrected chi connectivity index (χ4v) is 4.56. The summed E-state index contributed by atoms with van der Waals surface area (Å²) in [6.07, 6.45) is 0. The molecule has 7 nitrogen and oxygen atoms in total. The number of carbonyl (C=O) groups is 1. The quantitative estimate of drug-likeness (QED) is 0.634. The molecular formula is C17H13Cl2N5O2S. The number of carbonyl (C=O) groups excluding carboxylic acids is 1. The third-order valence-electron chi connectivity index (χ3n) is 4.86. The fraction of sp³-hybridized carbons (Fsp3) is 0.294. The van der Waals surface area contributed by atoms with Gasteiger partial charge in [0.15, 0.2) is 11.6 Å². The summed E-state index contributed by atoms with van der Waals surface area (Å²) in [5.74, 6) is 1.24. The lowest BCUT2D eigenvalue weighted by Gasteiger charge is -2.45. The number of benzene rings is 1. The van der Waals surface area contributed by atoms with Gasteiger partial charge in [0.05, 0.1) is 40.4 Å². The second-order valence-electron chi connectivity index (χ2n) is 6.39. The molecule has 1 aromatic carbocycles. The van der Waals surface area contributed by atoms with Crippen LogP contribution < -0.4 is 0 Å². The standard InChI is InChI=1S/C17H13Cl2N5O2S/c18-11-3-1-2-10(14(11)19)17(25)24-9-4-23-15(12-7-27-8-20-12)21-22-16(23)13(24)6-26-5-9/h1-3,7-9,13H,4-6H2/t9-,13-/m1/s1. The molecule has 2 aromatic heterocycles. The van der Waals surface area contributed by atoms with Gasteiger partial charge in [-0.15, -0.1) is 21.5 Å². The van der Waals surface area contributed by atoms with Crippen molar-refractivity contribution in [2.45, 2.75) is 18.6 Å². The van der Waals surface area contributed by atoms with Crippen molar-refractivity contribution in [3.63, 3.8) is 0 Å². The minimum atomic E-state index is -0.333. The Hall–Kier alpha value is -2.00. The topological polar surface area (TPSA) is 73.1 Å². The molecule has 0 unspecified atom stereocenters. The molecule has 2 aliphatic rings. The van der Waals surface area contributed by atoms with Crippen molar-refractivity contribution in [2.24, 2.45) is 0 Å². The summed E-state index contributed by atoms with van der Waals surface area (Å²) in [5.41, 5.74) is 2.94. The van der Waals surface area contributed by atoms with Crippen LogP contribution in [0, 0.1) is 0 Å². The van der Waals surface area contributed by atoms with Crippen LogP contribution in [0.2, 0.25) is 10.0 Å². The van der Waals surface area contributed by atoms with E-state index >= 15 is 0 Å². The predicted octanol–water partition coefficient (Wildman–Crippen LogP) is 3.30. The van der Waals surface area contributed by atoms with Gasteiger partial charge in [0, 0.05) is 11.9 Å². The summed E-state index contributed by atoms with van der Waals surface area (Å²) in [4.78, 5) is 19.4. The zero-order valence-corrected chi connectivity index (χ0v) is 16.2. The summed E-state index contributed by atoms with van der Waals surface area (Å²) in [6.45, 7) is 1.33. The monoisotopic (exact) mass is 421 g/mol. The van der Waals surface area contributed by atoms with Gasteiger partial charge in [0.25, 0.3) is 5.91 Å². The normalized spacial score (nSPS) is 21.2. The van der Waals surface area contributed by atoms with Crippen LogP contribution >= 0.6 is 34.5 Å². The first-order chi connectivity index (χ1) is 13.1. The molecule has 1 fully saturated rings. The minimum Gasteiger partial charge on any atom is -0.377 e. The Labute approximate surface area is 168 Å². The van der Waals surface area contributed by atoms with Crippen LogP contribution in [0.3, 0.4) is 0 Å². The van der Waals surface area contributed by atoms with Crippen LogP contribution in [0.4, 0.5) is 0 Å². The molecule has 10 heteroatoms. The number of amides is 1. The molecule has 2 aliphatic heterocycles. The number of morpholine rings is 1. The van der Waals surface area contributed by atoms with Crippen molar-refractivity contribution >= 4 is 40.4 Å². The third kappa shape index (κ3) is 2.67. The molecule has 3 aromatic rings. The van der Waals surface area contributed by atoms with Crippen molar-refractivity contribution in [1.29, 1.82) is 0 Å². The Kier molecular flexibility index (Phi) is 4.16. The van der Waals surface area contributed by atoms with E-state index in [2.05, 4.69) is 15.2 Å². The van der Waals surface area contributed by atoms with Gasteiger partial charge in [0.1, 0.15) is 11.7 Å². The lowest BCUT2D eigenvalue weighted by atomic mass is 10.0. The second kappa shape index (κ2) is 6.56. The van der Waals surface area contributed by atoms with Crippen LogP contribution in [0.15, 0.2) is 29.1 Å². The number of thiazole rings is 1. The first-order valence-electron chi connectivity index (χ1n) is 8.31. The highest BCUT2D eigenvalue weighted by Crippen LogP contribution is 2.37. The number of hydrogen-bond acceptors (Lipinski definition) is 6. The summed E-state index contributed by atoms with van der Waals surface area (Å²) < 4.78 is 7.75. The number of rotatable bonds is 2. The average Bonchev–Trinajstić information content (AvgIpc) is 3.32. The molecule has 0 radical (unpaired) electrons. The molecule has 0 spiro atoms. The molecule has 0 N–H and O–H groups in total. The molecule has 2 bridgehead atoms. The Morgan fingerprint density at radius 1 is 1.26 bits per heavy atom. The molecule has 138 valence electrons. The highest BCUT2D eigenvalue weighted by Gasteiger charge is 2.44. The zero-order chi connectivity index (χ0) is 18.5. The first kappa shape index (κ1) is 17.1. The smallest absolute Gasteiger partial charge is 0.256 e. The van der Waals surface area contributed by atoms with Crippen molar-refractivity contribution in [3.8, 4) is 11.5 Å². The van der Waals surface area contributed by atoms with Crippen molar-refractivity contribution < 1.29 is 9.53 Å². The van der Waals surface area contributed by atoms with Crippen LogP contribution in [-0.4, -0.2) is 49.8 Å². The van der Waals surface area contributed by atoms with E-state index in [1.807, 2.05) is 9.95 Å². The van der Waals surface area contributed by atoms with Crippen LogP contribution in [0.25, 0.3) is 11.5 Å². The maximum absolute atomic E-state index is 13.3. The average molecular weight is 422 g/mol. The van der Waals surface area contributed by atoms with Gasteiger partial charge in [-0.3, -0.25) is 4.79 Å². The lowest BCUT2D eigenvalue weighted by Crippen LogP contribution is -2.56. The Morgan fingerprint density at radius 2 is 2.15 bits per heavy atom. The number of nitrogens with zero attached hydrogens (tertiary/aromatic N) is 5. The van der Waals surface area contributed by atoms with E-state index in [4.69, 9.17) is 27.9 Å². The van der Waals surface area contributed by atoms with Crippen molar-refractivity contribution in [2.75, 3.05) is 13.2 Å². The van der Waals surface area contributed by atoms with E-state index < -0.39 is 0 Å². The third-order valence-corrected chi connectivity index (χ3v) is 6.27. The highest BCUT2D eigenvalue weighted by molar-refractivity contribution is 7.07. The Balaban J connectivity index is 1.57. The minimum absolute atomic E-state index is 0.146. The zero-order valence-electron chi connectivity index (χ0n) is 13.9. The predicted molar refractivity (Wildman–Crippen MR) is 101 cm³/mol. The van der Waals surface area contributed by atoms with E-state index in [1.54, 1.807) is 28.6 Å². The van der Waals surface area contributed by atoms with Crippen LogP contribution in [-0.2, 0) is 11.3 Å². The molecule has 2 atom stereocenters. The summed E-state index contributed by atoms with van der Waals surface area (Å²) >= 11 is 13.9. The van der Waals surface area contributed by atoms with Gasteiger partial charge in [0.2, 0.25) is 0 Å². The molecule has 0 aliphatic carbocycles. The Bertz CT molecular complexity index is 1020. The summed E-state index contributed by atoms with van der Waals surface area (Å²) in [7, 11) is 0. The number of fused-ring (bicyclic) bond motifs is 4. The second-order valence-corrected chi connectivity index (χ2v) is 7.89. The number of ether oxygens (including phenoxy) is 1. The highest BCUT2D eigenvalue weighted by atomic mass is 35.5. The number of hydrogen-bond donors (Lipinski definition) is 0. The van der Waals surface area contributed by atoms with E-state index in [-0.39, 0.29) is 23.0 Å². The van der Waals surface area contributed by atoms with E-state index in [0.717, 1.165) is 11.5 Å². The van der Waals surface area contributed by atoms with Gasteiger partial charge in [-0.2, -0.15) is 0 Å². The molecule has 0 saturated carbocycles. The van der Waals surface area contributed by atoms with Crippen LogP contribution in [0.1, 0.15) is 22.2 Å². The van der Waals surface area contributed by atoms with Crippen LogP contribution in [0.5, 0.6) is 0 Å². The maximum atomic E-state index is 13.3. The van der Waals surface area contributed by atoms with E-state index in [9.17, 15) is 4.79 Å². The molecule has 1 saturated heterocycles. The summed E-state index contributed by atoms with van der Waals surface area (Å²) in [5, 5.41) is 11.2. The van der Waals surface area contributed by atoms with Crippen molar-refractivity contribution in [3.05, 3.63) is 50.5 Å². The fourth-order valence-electron chi connectivity index (χ4n) is 3.65. The number of halogens is 2. The van der Waals surface area contributed by atoms with Gasteiger partial charge in [-0.05, 0) is 12.1 Å². The van der Waals surface area contributed by atoms with Crippen molar-refractivity contribution in [1.82, 2.24) is 24.6 Å². The first-order valence-corrected chi connectivity index (χ1v) is 10.0. The number of aromatic nitrogens is 4. The van der Waals surface area contributed by atoms with E-state index in [1.165, 1.54) is 11.3 Å². The SMILES string of the molecule is O=C(c1cccc(Cl)c1Cl)N1[C@H]2COC[C@@H]1c1nnc(-c3cscn3)n1C2. The van der Waals surface area contributed by atoms with Gasteiger partial charge in [-0.25, -0.2) is 4.98 Å². The lowest BCUT2D eigenvalue weighted by molar-refractivity contribution is -0.0569. The molecule has 5 rings (SSSR count). The molecule has 27 heavy (non-hydrogen) atoms. The van der Waals surface area contributed by atoms with Gasteiger partial charge in [-0.1, -0.05) is 29.3 Å². The van der Waals surface area contributed by atoms with Gasteiger partial charge < -0.3 is 14.2 Å².